The summed E-state index contributed by atoms with van der Waals surface area (Å²) < 4.78 is 0. The summed E-state index contributed by atoms with van der Waals surface area (Å²) in [5.41, 5.74) is 0. The monoisotopic (exact) mass is 240 g/mol. The van der Waals surface area contributed by atoms with Gasteiger partial charge in [0.15, 0.2) is 0 Å². The van der Waals surface area contributed by atoms with Crippen LogP contribution >= 0.6 is 11.6 Å². The summed E-state index contributed by atoms with van der Waals surface area (Å²) in [6.45, 7) is 1.22. The molecule has 6 heteroatoms. The molecule has 1 aliphatic carbocycles. The zero-order valence-electron chi connectivity index (χ0n) is 8.74. The lowest BCUT2D eigenvalue weighted by Gasteiger charge is -2.05. The van der Waals surface area contributed by atoms with Gasteiger partial charge in [0.25, 0.3) is 0 Å². The van der Waals surface area contributed by atoms with Crippen LogP contribution in [0.5, 0.6) is 0 Å². The molecule has 1 fully saturated rings. The third kappa shape index (κ3) is 3.75. The molecule has 0 aliphatic heterocycles. The fourth-order valence-corrected chi connectivity index (χ4v) is 1.45. The van der Waals surface area contributed by atoms with Crippen LogP contribution in [-0.2, 0) is 4.79 Å². The SMILES string of the molecule is O=C(CNCC1CC1)Nc1ccnc(Cl)n1. The van der Waals surface area contributed by atoms with E-state index in [4.69, 9.17) is 11.6 Å². The summed E-state index contributed by atoms with van der Waals surface area (Å²) in [5.74, 6) is 1.08. The molecule has 0 saturated heterocycles. The Labute approximate surface area is 98.6 Å². The van der Waals surface area contributed by atoms with Crippen molar-refractivity contribution in [3.8, 4) is 0 Å². The number of halogens is 1. The number of aromatic nitrogens is 2. The van der Waals surface area contributed by atoms with Gasteiger partial charge in [-0.3, -0.25) is 4.79 Å². The first-order valence-electron chi connectivity index (χ1n) is 5.23. The van der Waals surface area contributed by atoms with Crippen molar-refractivity contribution >= 4 is 23.3 Å². The highest BCUT2D eigenvalue weighted by Crippen LogP contribution is 2.27. The number of hydrogen-bond acceptors (Lipinski definition) is 4. The van der Waals surface area contributed by atoms with E-state index in [1.54, 1.807) is 6.07 Å². The first-order valence-corrected chi connectivity index (χ1v) is 5.61. The van der Waals surface area contributed by atoms with E-state index in [1.165, 1.54) is 19.0 Å². The molecule has 0 atom stereocenters. The second-order valence-electron chi connectivity index (χ2n) is 3.83. The van der Waals surface area contributed by atoms with Gasteiger partial charge in [-0.05, 0) is 43.0 Å². The molecule has 0 spiro atoms. The van der Waals surface area contributed by atoms with Crippen LogP contribution in [0.1, 0.15) is 12.8 Å². The number of carbonyl (C=O) groups excluding carboxylic acids is 1. The Morgan fingerprint density at radius 2 is 2.38 bits per heavy atom. The van der Waals surface area contributed by atoms with Gasteiger partial charge in [-0.2, -0.15) is 0 Å². The average Bonchev–Trinajstić information content (AvgIpc) is 3.01. The van der Waals surface area contributed by atoms with Gasteiger partial charge >= 0.3 is 0 Å². The fraction of sp³-hybridized carbons (Fsp3) is 0.500. The second kappa shape index (κ2) is 5.23. The smallest absolute Gasteiger partial charge is 0.239 e. The molecule has 0 bridgehead atoms. The van der Waals surface area contributed by atoms with Crippen molar-refractivity contribution in [1.82, 2.24) is 15.3 Å². The zero-order valence-corrected chi connectivity index (χ0v) is 9.50. The lowest BCUT2D eigenvalue weighted by Crippen LogP contribution is -2.29. The number of nitrogens with zero attached hydrogens (tertiary/aromatic N) is 2. The molecule has 2 rings (SSSR count). The number of hydrogen-bond donors (Lipinski definition) is 2. The van der Waals surface area contributed by atoms with E-state index in [2.05, 4.69) is 20.6 Å². The van der Waals surface area contributed by atoms with Gasteiger partial charge in [0.05, 0.1) is 6.54 Å². The number of amides is 1. The van der Waals surface area contributed by atoms with Gasteiger partial charge in [0.1, 0.15) is 5.82 Å². The van der Waals surface area contributed by atoms with Gasteiger partial charge < -0.3 is 10.6 Å². The Bertz CT molecular complexity index is 381. The molecule has 0 aromatic carbocycles. The Balaban J connectivity index is 1.73. The van der Waals surface area contributed by atoms with E-state index in [0.29, 0.717) is 12.4 Å². The van der Waals surface area contributed by atoms with Crippen molar-refractivity contribution < 1.29 is 4.79 Å². The van der Waals surface area contributed by atoms with Crippen molar-refractivity contribution in [3.63, 3.8) is 0 Å². The third-order valence-electron chi connectivity index (χ3n) is 2.31. The van der Waals surface area contributed by atoms with Crippen molar-refractivity contribution in [3.05, 3.63) is 17.5 Å². The summed E-state index contributed by atoms with van der Waals surface area (Å²) in [6.07, 6.45) is 4.05. The fourth-order valence-electron chi connectivity index (χ4n) is 1.30. The van der Waals surface area contributed by atoms with Gasteiger partial charge in [0.2, 0.25) is 11.2 Å². The number of nitrogens with one attached hydrogen (secondary N) is 2. The minimum Gasteiger partial charge on any atom is -0.309 e. The van der Waals surface area contributed by atoms with Crippen LogP contribution in [0, 0.1) is 5.92 Å². The van der Waals surface area contributed by atoms with Crippen molar-refractivity contribution in [1.29, 1.82) is 0 Å². The molecule has 1 aromatic rings. The molecule has 1 amide bonds. The van der Waals surface area contributed by atoms with Crippen LogP contribution in [0.25, 0.3) is 0 Å². The maximum Gasteiger partial charge on any atom is 0.239 e. The Morgan fingerprint density at radius 1 is 1.56 bits per heavy atom. The Morgan fingerprint density at radius 3 is 3.06 bits per heavy atom. The first-order chi connectivity index (χ1) is 7.74. The Kier molecular flexibility index (Phi) is 3.69. The minimum atomic E-state index is -0.115. The third-order valence-corrected chi connectivity index (χ3v) is 2.49. The van der Waals surface area contributed by atoms with E-state index in [9.17, 15) is 4.79 Å². The van der Waals surface area contributed by atoms with Gasteiger partial charge in [-0.25, -0.2) is 9.97 Å². The molecule has 1 saturated carbocycles. The highest BCUT2D eigenvalue weighted by molar-refractivity contribution is 6.28. The molecule has 16 heavy (non-hydrogen) atoms. The maximum absolute atomic E-state index is 11.4. The van der Waals surface area contributed by atoms with Crippen LogP contribution in [0.3, 0.4) is 0 Å². The molecule has 5 nitrogen and oxygen atoms in total. The highest BCUT2D eigenvalue weighted by Gasteiger charge is 2.20. The molecule has 1 aliphatic rings. The van der Waals surface area contributed by atoms with Gasteiger partial charge in [-0.1, -0.05) is 0 Å². The van der Waals surface area contributed by atoms with Crippen molar-refractivity contribution in [2.75, 3.05) is 18.4 Å². The topological polar surface area (TPSA) is 66.9 Å². The molecular weight excluding hydrogens is 228 g/mol. The van der Waals surface area contributed by atoms with E-state index < -0.39 is 0 Å². The maximum atomic E-state index is 11.4. The quantitative estimate of drug-likeness (QED) is 0.756. The highest BCUT2D eigenvalue weighted by atomic mass is 35.5. The standard InChI is InChI=1S/C10H13ClN4O/c11-10-13-4-3-8(15-10)14-9(16)6-12-5-7-1-2-7/h3-4,7,12H,1-2,5-6H2,(H,13,14,15,16). The lowest BCUT2D eigenvalue weighted by molar-refractivity contribution is -0.115. The molecule has 1 heterocycles. The van der Waals surface area contributed by atoms with Crippen LogP contribution in [0.2, 0.25) is 5.28 Å². The molecular formula is C10H13ClN4O. The van der Waals surface area contributed by atoms with E-state index in [0.717, 1.165) is 12.5 Å². The number of rotatable bonds is 5. The van der Waals surface area contributed by atoms with Gasteiger partial charge in [-0.15, -0.1) is 0 Å². The molecule has 86 valence electrons. The predicted octanol–water partition coefficient (Wildman–Crippen LogP) is 1.07. The number of carbonyl (C=O) groups is 1. The number of anilines is 1. The van der Waals surface area contributed by atoms with E-state index in [-0.39, 0.29) is 11.2 Å². The molecule has 0 unspecified atom stereocenters. The summed E-state index contributed by atoms with van der Waals surface area (Å²) in [5, 5.41) is 5.86. The van der Waals surface area contributed by atoms with Crippen LogP contribution in [0.4, 0.5) is 5.82 Å². The van der Waals surface area contributed by atoms with E-state index >= 15 is 0 Å². The van der Waals surface area contributed by atoms with Crippen molar-refractivity contribution in [2.45, 2.75) is 12.8 Å². The predicted molar refractivity (Wildman–Crippen MR) is 61.3 cm³/mol. The lowest BCUT2D eigenvalue weighted by atomic mass is 10.4. The summed E-state index contributed by atoms with van der Waals surface area (Å²) in [6, 6.07) is 1.60. The zero-order chi connectivity index (χ0) is 11.4. The van der Waals surface area contributed by atoms with E-state index in [1.807, 2.05) is 0 Å². The van der Waals surface area contributed by atoms with Crippen LogP contribution < -0.4 is 10.6 Å². The van der Waals surface area contributed by atoms with Crippen LogP contribution in [0.15, 0.2) is 12.3 Å². The largest absolute Gasteiger partial charge is 0.309 e. The molecule has 1 aromatic heterocycles. The molecule has 0 radical (unpaired) electrons. The normalized spacial score (nSPS) is 14.8. The molecule has 2 N–H and O–H groups in total. The second-order valence-corrected chi connectivity index (χ2v) is 4.17. The van der Waals surface area contributed by atoms with Crippen LogP contribution in [-0.4, -0.2) is 29.0 Å². The summed E-state index contributed by atoms with van der Waals surface area (Å²) in [4.78, 5) is 19.0. The first kappa shape index (κ1) is 11.3. The van der Waals surface area contributed by atoms with Crippen molar-refractivity contribution in [2.24, 2.45) is 5.92 Å². The average molecular weight is 241 g/mol. The summed E-state index contributed by atoms with van der Waals surface area (Å²) >= 11 is 5.59. The van der Waals surface area contributed by atoms with Gasteiger partial charge in [0, 0.05) is 6.20 Å². The minimum absolute atomic E-state index is 0.115. The summed E-state index contributed by atoms with van der Waals surface area (Å²) in [7, 11) is 0. The Hall–Kier alpha value is -1.20.